The van der Waals surface area contributed by atoms with Gasteiger partial charge in [0.1, 0.15) is 0 Å². The molecule has 0 bridgehead atoms. The molecular formula is C14H14ClF2NO2S. The number of benzene rings is 2. The Morgan fingerprint density at radius 3 is 2.43 bits per heavy atom. The minimum Gasteiger partial charge on any atom is -0.209 e. The highest BCUT2D eigenvalue weighted by atomic mass is 35.5. The maximum atomic E-state index is 12.6. The number of nitrogens with zero attached hydrogens (tertiary/aromatic N) is 1. The first kappa shape index (κ1) is 16.1. The lowest BCUT2D eigenvalue weighted by Gasteiger charge is -2.21. The van der Waals surface area contributed by atoms with Crippen LogP contribution in [0.15, 0.2) is 47.4 Å². The van der Waals surface area contributed by atoms with E-state index in [1.165, 1.54) is 6.07 Å². The fourth-order valence-electron chi connectivity index (χ4n) is 2.12. The van der Waals surface area contributed by atoms with Crippen molar-refractivity contribution in [1.29, 1.82) is 0 Å². The maximum absolute atomic E-state index is 12.6. The smallest absolute Gasteiger partial charge is 0.209 e. The van der Waals surface area contributed by atoms with Crippen LogP contribution in [0.5, 0.6) is 0 Å². The number of sulfonamides is 1. The van der Waals surface area contributed by atoms with Crippen molar-refractivity contribution in [1.82, 2.24) is 4.31 Å². The quantitative estimate of drug-likeness (QED) is 0.760. The molecule has 3 nitrogen and oxygen atoms in total. The molecule has 0 aromatic heterocycles. The summed E-state index contributed by atoms with van der Waals surface area (Å²) in [5.41, 5.74) is 0. The largest absolute Gasteiger partial charge is 0.252 e. The van der Waals surface area contributed by atoms with Gasteiger partial charge in [-0.15, -0.1) is 11.6 Å². The highest BCUT2D eigenvalue weighted by molar-refractivity contribution is 7.89. The normalized spacial score (nSPS) is 12.4. The molecule has 2 aromatic carbocycles. The van der Waals surface area contributed by atoms with Crippen LogP contribution < -0.4 is 0 Å². The van der Waals surface area contributed by atoms with Crippen molar-refractivity contribution in [3.63, 3.8) is 0 Å². The van der Waals surface area contributed by atoms with Gasteiger partial charge < -0.3 is 0 Å². The van der Waals surface area contributed by atoms with E-state index in [-0.39, 0.29) is 17.3 Å². The lowest BCUT2D eigenvalue weighted by atomic mass is 10.1. The molecule has 114 valence electrons. The summed E-state index contributed by atoms with van der Waals surface area (Å²) in [5, 5.41) is 1.25. The zero-order valence-corrected chi connectivity index (χ0v) is 12.6. The van der Waals surface area contributed by atoms with Crippen molar-refractivity contribution in [2.24, 2.45) is 0 Å². The molecule has 0 amide bonds. The topological polar surface area (TPSA) is 37.4 Å². The molecule has 0 atom stereocenters. The van der Waals surface area contributed by atoms with E-state index in [1.807, 2.05) is 0 Å². The van der Waals surface area contributed by atoms with Gasteiger partial charge in [0.2, 0.25) is 10.0 Å². The fraction of sp³-hybridized carbons (Fsp3) is 0.286. The Hall–Kier alpha value is -1.24. The minimum absolute atomic E-state index is 0.0198. The summed E-state index contributed by atoms with van der Waals surface area (Å²) in [5.74, 6) is -0.0449. The summed E-state index contributed by atoms with van der Waals surface area (Å²) in [7, 11) is -4.02. The van der Waals surface area contributed by atoms with Crippen molar-refractivity contribution in [3.05, 3.63) is 42.5 Å². The first-order valence-corrected chi connectivity index (χ1v) is 8.26. The lowest BCUT2D eigenvalue weighted by molar-refractivity contribution is 0.121. The predicted octanol–water partition coefficient (Wildman–Crippen LogP) is 3.33. The van der Waals surface area contributed by atoms with Crippen LogP contribution in [0.3, 0.4) is 0 Å². The van der Waals surface area contributed by atoms with E-state index in [0.717, 1.165) is 9.69 Å². The summed E-state index contributed by atoms with van der Waals surface area (Å²) >= 11 is 5.54. The average molecular weight is 334 g/mol. The third-order valence-electron chi connectivity index (χ3n) is 3.04. The second-order valence-corrected chi connectivity index (χ2v) is 6.70. The van der Waals surface area contributed by atoms with Crippen LogP contribution in [-0.4, -0.2) is 38.1 Å². The Morgan fingerprint density at radius 1 is 1.10 bits per heavy atom. The summed E-state index contributed by atoms with van der Waals surface area (Å²) in [6.07, 6.45) is -2.75. The molecule has 2 rings (SSSR count). The van der Waals surface area contributed by atoms with E-state index in [4.69, 9.17) is 11.6 Å². The van der Waals surface area contributed by atoms with Crippen molar-refractivity contribution < 1.29 is 17.2 Å². The van der Waals surface area contributed by atoms with Gasteiger partial charge in [-0.25, -0.2) is 17.2 Å². The number of hydrogen-bond donors (Lipinski definition) is 0. The van der Waals surface area contributed by atoms with Crippen molar-refractivity contribution in [3.8, 4) is 0 Å². The highest BCUT2D eigenvalue weighted by Gasteiger charge is 2.28. The van der Waals surface area contributed by atoms with E-state index in [2.05, 4.69) is 0 Å². The molecule has 7 heteroatoms. The molecule has 0 heterocycles. The summed E-state index contributed by atoms with van der Waals surface area (Å²) < 4.78 is 51.2. The summed E-state index contributed by atoms with van der Waals surface area (Å²) in [4.78, 5) is 0.0198. The van der Waals surface area contributed by atoms with E-state index in [0.29, 0.717) is 5.39 Å². The van der Waals surface area contributed by atoms with Gasteiger partial charge in [-0.3, -0.25) is 0 Å². The monoisotopic (exact) mass is 333 g/mol. The molecular weight excluding hydrogens is 320 g/mol. The van der Waals surface area contributed by atoms with Gasteiger partial charge in [-0.1, -0.05) is 36.4 Å². The first-order valence-electron chi connectivity index (χ1n) is 6.29. The predicted molar refractivity (Wildman–Crippen MR) is 79.4 cm³/mol. The number of fused-ring (bicyclic) bond motifs is 1. The fourth-order valence-corrected chi connectivity index (χ4v) is 4.05. The summed E-state index contributed by atoms with van der Waals surface area (Å²) in [6.45, 7) is -1.02. The van der Waals surface area contributed by atoms with Gasteiger partial charge >= 0.3 is 0 Å². The van der Waals surface area contributed by atoms with Crippen LogP contribution in [0.25, 0.3) is 10.8 Å². The van der Waals surface area contributed by atoms with E-state index >= 15 is 0 Å². The Bertz CT molecular complexity index is 716. The van der Waals surface area contributed by atoms with E-state index in [1.54, 1.807) is 36.4 Å². The molecule has 0 spiro atoms. The van der Waals surface area contributed by atoms with Crippen LogP contribution >= 0.6 is 11.6 Å². The molecule has 0 radical (unpaired) electrons. The molecule has 0 saturated heterocycles. The second-order valence-electron chi connectivity index (χ2n) is 4.42. The van der Waals surface area contributed by atoms with E-state index < -0.39 is 23.0 Å². The Balaban J connectivity index is 2.54. The van der Waals surface area contributed by atoms with Crippen LogP contribution in [-0.2, 0) is 10.0 Å². The van der Waals surface area contributed by atoms with Gasteiger partial charge in [0, 0.05) is 17.8 Å². The van der Waals surface area contributed by atoms with E-state index in [9.17, 15) is 17.2 Å². The zero-order valence-electron chi connectivity index (χ0n) is 11.0. The Kier molecular flexibility index (Phi) is 5.13. The molecule has 0 aliphatic carbocycles. The number of alkyl halides is 3. The third-order valence-corrected chi connectivity index (χ3v) is 5.14. The van der Waals surface area contributed by atoms with Crippen LogP contribution in [0.1, 0.15) is 0 Å². The molecule has 0 unspecified atom stereocenters. The number of rotatable bonds is 6. The Labute approximate surface area is 127 Å². The van der Waals surface area contributed by atoms with Crippen LogP contribution in [0.4, 0.5) is 8.78 Å². The first-order chi connectivity index (χ1) is 9.96. The number of hydrogen-bond acceptors (Lipinski definition) is 2. The minimum atomic E-state index is -4.02. The molecule has 2 aromatic rings. The molecule has 21 heavy (non-hydrogen) atoms. The molecule has 0 aliphatic rings. The molecule has 0 fully saturated rings. The van der Waals surface area contributed by atoms with Crippen molar-refractivity contribution in [2.45, 2.75) is 11.3 Å². The molecule has 0 saturated carbocycles. The third kappa shape index (κ3) is 3.51. The maximum Gasteiger partial charge on any atom is 0.252 e. The molecule has 0 aliphatic heterocycles. The Morgan fingerprint density at radius 2 is 1.76 bits per heavy atom. The van der Waals surface area contributed by atoms with Gasteiger partial charge in [-0.05, 0) is 11.5 Å². The summed E-state index contributed by atoms with van der Waals surface area (Å²) in [6, 6.07) is 11.7. The molecule has 0 N–H and O–H groups in total. The van der Waals surface area contributed by atoms with Gasteiger partial charge in [0.05, 0.1) is 11.4 Å². The average Bonchev–Trinajstić information content (AvgIpc) is 2.45. The van der Waals surface area contributed by atoms with Crippen molar-refractivity contribution in [2.75, 3.05) is 19.0 Å². The zero-order chi connectivity index (χ0) is 15.5. The second kappa shape index (κ2) is 6.68. The van der Waals surface area contributed by atoms with Gasteiger partial charge in [0.15, 0.2) is 0 Å². The lowest BCUT2D eigenvalue weighted by Crippen LogP contribution is -2.36. The van der Waals surface area contributed by atoms with Gasteiger partial charge in [-0.2, -0.15) is 4.31 Å². The van der Waals surface area contributed by atoms with Crippen LogP contribution in [0, 0.1) is 0 Å². The standard InChI is InChI=1S/C14H14ClF2NO2S/c15-8-9-18(10-14(16)17)21(19,20)13-7-3-5-11-4-1-2-6-12(11)13/h1-7,14H,8-10H2. The highest BCUT2D eigenvalue weighted by Crippen LogP contribution is 2.26. The van der Waals surface area contributed by atoms with Crippen molar-refractivity contribution >= 4 is 32.4 Å². The number of halogens is 3. The van der Waals surface area contributed by atoms with Gasteiger partial charge in [0.25, 0.3) is 6.43 Å². The SMILES string of the molecule is O=S(=O)(c1cccc2ccccc12)N(CCCl)CC(F)F. The van der Waals surface area contributed by atoms with Crippen LogP contribution in [0.2, 0.25) is 0 Å².